The van der Waals surface area contributed by atoms with Crippen LogP contribution in [-0.2, 0) is 14.8 Å². The summed E-state index contributed by atoms with van der Waals surface area (Å²) in [5, 5.41) is 8.97. The number of hydrogen-bond acceptors (Lipinski definition) is 5. The van der Waals surface area contributed by atoms with Gasteiger partial charge in [-0.05, 0) is 30.3 Å². The zero-order valence-electron chi connectivity index (χ0n) is 13.5. The van der Waals surface area contributed by atoms with Gasteiger partial charge in [-0.1, -0.05) is 24.3 Å². The summed E-state index contributed by atoms with van der Waals surface area (Å²) in [7, 11) is -3.93. The first-order chi connectivity index (χ1) is 12.4. The van der Waals surface area contributed by atoms with Gasteiger partial charge in [-0.25, -0.2) is 22.7 Å². The Labute approximate surface area is 150 Å². The van der Waals surface area contributed by atoms with Crippen molar-refractivity contribution in [3.05, 3.63) is 60.2 Å². The maximum atomic E-state index is 12.3. The molecule has 0 spiro atoms. The fourth-order valence-corrected chi connectivity index (χ4v) is 3.64. The van der Waals surface area contributed by atoms with Crippen LogP contribution >= 0.6 is 0 Å². The number of amides is 1. The smallest absolute Gasteiger partial charge is 0.414 e. The minimum absolute atomic E-state index is 0.116. The lowest BCUT2D eigenvalue weighted by molar-refractivity contribution is 0.0696. The van der Waals surface area contributed by atoms with Gasteiger partial charge in [0.25, 0.3) is 0 Å². The van der Waals surface area contributed by atoms with Gasteiger partial charge >= 0.3 is 12.1 Å². The molecule has 1 aliphatic rings. The Balaban J connectivity index is 1.66. The lowest BCUT2D eigenvalue weighted by Gasteiger charge is -2.13. The Morgan fingerprint density at radius 1 is 1.19 bits per heavy atom. The van der Waals surface area contributed by atoms with Crippen molar-refractivity contribution in [1.82, 2.24) is 4.72 Å². The van der Waals surface area contributed by atoms with Crippen LogP contribution in [0.15, 0.2) is 59.5 Å². The van der Waals surface area contributed by atoms with Crippen LogP contribution in [0.25, 0.3) is 0 Å². The van der Waals surface area contributed by atoms with Gasteiger partial charge in [0.05, 0.1) is 17.0 Å². The summed E-state index contributed by atoms with van der Waals surface area (Å²) in [4.78, 5) is 24.2. The molecule has 136 valence electrons. The molecule has 1 atom stereocenters. The predicted octanol–water partition coefficient (Wildman–Crippen LogP) is 1.69. The Morgan fingerprint density at radius 2 is 1.92 bits per heavy atom. The molecule has 1 amide bonds. The standard InChI is InChI=1S/C17H16N2O6S/c20-16(21)12-5-4-8-15(9-12)26(23,24)18-10-14-11-19(17(22)25-14)13-6-2-1-3-7-13/h1-9,14,18H,10-11H2,(H,20,21). The summed E-state index contributed by atoms with van der Waals surface area (Å²) < 4.78 is 32.2. The molecule has 1 aliphatic heterocycles. The molecule has 1 heterocycles. The highest BCUT2D eigenvalue weighted by Gasteiger charge is 2.33. The molecule has 2 aromatic carbocycles. The third-order valence-corrected chi connectivity index (χ3v) is 5.26. The number of cyclic esters (lactones) is 1. The molecule has 0 aliphatic carbocycles. The van der Waals surface area contributed by atoms with Crippen LogP contribution in [0.1, 0.15) is 10.4 Å². The molecule has 8 nitrogen and oxygen atoms in total. The van der Waals surface area contributed by atoms with E-state index in [0.29, 0.717) is 5.69 Å². The third-order valence-electron chi connectivity index (χ3n) is 3.83. The molecule has 26 heavy (non-hydrogen) atoms. The fourth-order valence-electron chi connectivity index (χ4n) is 2.53. The number of para-hydroxylation sites is 1. The van der Waals surface area contributed by atoms with Crippen LogP contribution in [0.3, 0.4) is 0 Å². The maximum absolute atomic E-state index is 12.3. The fraction of sp³-hybridized carbons (Fsp3) is 0.176. The predicted molar refractivity (Wildman–Crippen MR) is 92.6 cm³/mol. The Bertz CT molecular complexity index is 929. The lowest BCUT2D eigenvalue weighted by atomic mass is 10.2. The van der Waals surface area contributed by atoms with Crippen molar-refractivity contribution in [2.24, 2.45) is 0 Å². The first-order valence-corrected chi connectivity index (χ1v) is 9.21. The van der Waals surface area contributed by atoms with E-state index in [4.69, 9.17) is 9.84 Å². The van der Waals surface area contributed by atoms with Crippen molar-refractivity contribution in [2.75, 3.05) is 18.0 Å². The van der Waals surface area contributed by atoms with Gasteiger partial charge in [0.2, 0.25) is 10.0 Å². The van der Waals surface area contributed by atoms with Gasteiger partial charge in [-0.3, -0.25) is 4.90 Å². The summed E-state index contributed by atoms with van der Waals surface area (Å²) in [5.74, 6) is -1.22. The largest absolute Gasteiger partial charge is 0.478 e. The Morgan fingerprint density at radius 3 is 2.62 bits per heavy atom. The van der Waals surface area contributed by atoms with Gasteiger partial charge in [-0.15, -0.1) is 0 Å². The second-order valence-corrected chi connectivity index (χ2v) is 7.40. The number of hydrogen-bond donors (Lipinski definition) is 2. The number of sulfonamides is 1. The molecular formula is C17H16N2O6S. The number of nitrogens with zero attached hydrogens (tertiary/aromatic N) is 1. The van der Waals surface area contributed by atoms with E-state index in [1.165, 1.54) is 23.1 Å². The first-order valence-electron chi connectivity index (χ1n) is 7.73. The second kappa shape index (κ2) is 7.14. The lowest BCUT2D eigenvalue weighted by Crippen LogP contribution is -2.34. The zero-order chi connectivity index (χ0) is 18.7. The van der Waals surface area contributed by atoms with E-state index in [0.717, 1.165) is 6.07 Å². The molecule has 0 aromatic heterocycles. The van der Waals surface area contributed by atoms with Crippen molar-refractivity contribution in [1.29, 1.82) is 0 Å². The molecule has 3 rings (SSSR count). The number of ether oxygens (including phenoxy) is 1. The second-order valence-electron chi connectivity index (χ2n) is 5.64. The molecule has 9 heteroatoms. The topological polar surface area (TPSA) is 113 Å². The zero-order valence-corrected chi connectivity index (χ0v) is 14.3. The molecule has 0 bridgehead atoms. The maximum Gasteiger partial charge on any atom is 0.414 e. The van der Waals surface area contributed by atoms with Gasteiger partial charge in [0.1, 0.15) is 6.10 Å². The highest BCUT2D eigenvalue weighted by Crippen LogP contribution is 2.21. The van der Waals surface area contributed by atoms with Crippen LogP contribution in [0.2, 0.25) is 0 Å². The number of anilines is 1. The summed E-state index contributed by atoms with van der Waals surface area (Å²) in [5.41, 5.74) is 0.535. The highest BCUT2D eigenvalue weighted by atomic mass is 32.2. The number of benzene rings is 2. The van der Waals surface area contributed by atoms with Gasteiger partial charge in [-0.2, -0.15) is 0 Å². The number of carboxylic acid groups (broad SMARTS) is 1. The summed E-state index contributed by atoms with van der Waals surface area (Å²) in [6, 6.07) is 13.9. The molecule has 1 fully saturated rings. The number of carbonyl (C=O) groups is 2. The van der Waals surface area contributed by atoms with Crippen LogP contribution < -0.4 is 9.62 Å². The molecule has 0 saturated carbocycles. The normalized spacial score (nSPS) is 17.2. The number of nitrogens with one attached hydrogen (secondary N) is 1. The van der Waals surface area contributed by atoms with Crippen LogP contribution in [0, 0.1) is 0 Å². The van der Waals surface area contributed by atoms with Crippen LogP contribution in [-0.4, -0.2) is 44.8 Å². The Kier molecular flexibility index (Phi) is 4.92. The van der Waals surface area contributed by atoms with Crippen LogP contribution in [0.4, 0.5) is 10.5 Å². The van der Waals surface area contributed by atoms with Crippen molar-refractivity contribution in [2.45, 2.75) is 11.0 Å². The van der Waals surface area contributed by atoms with Crippen molar-refractivity contribution < 1.29 is 27.9 Å². The van der Waals surface area contributed by atoms with Gasteiger partial charge in [0, 0.05) is 12.2 Å². The van der Waals surface area contributed by atoms with E-state index in [-0.39, 0.29) is 23.5 Å². The average Bonchev–Trinajstić information content (AvgIpc) is 3.02. The van der Waals surface area contributed by atoms with Crippen molar-refractivity contribution in [3.63, 3.8) is 0 Å². The van der Waals surface area contributed by atoms with Crippen molar-refractivity contribution in [3.8, 4) is 0 Å². The quantitative estimate of drug-likeness (QED) is 0.793. The van der Waals surface area contributed by atoms with Crippen molar-refractivity contribution >= 4 is 27.8 Å². The summed E-state index contributed by atoms with van der Waals surface area (Å²) >= 11 is 0. The third kappa shape index (κ3) is 3.84. The minimum atomic E-state index is -3.93. The summed E-state index contributed by atoms with van der Waals surface area (Å²) in [6.07, 6.45) is -1.20. The van der Waals surface area contributed by atoms with Gasteiger partial charge < -0.3 is 9.84 Å². The molecule has 0 radical (unpaired) electrons. The van der Waals surface area contributed by atoms with E-state index in [1.54, 1.807) is 24.3 Å². The molecule has 1 unspecified atom stereocenters. The number of aromatic carboxylic acids is 1. The van der Waals surface area contributed by atoms with E-state index >= 15 is 0 Å². The molecule has 2 aromatic rings. The van der Waals surface area contributed by atoms with E-state index < -0.39 is 28.2 Å². The number of rotatable bonds is 6. The highest BCUT2D eigenvalue weighted by molar-refractivity contribution is 7.89. The first kappa shape index (κ1) is 17.9. The van der Waals surface area contributed by atoms with Gasteiger partial charge in [0.15, 0.2) is 0 Å². The number of carboxylic acids is 1. The number of carbonyl (C=O) groups excluding carboxylic acids is 1. The molecule has 2 N–H and O–H groups in total. The summed E-state index contributed by atoms with van der Waals surface area (Å²) in [6.45, 7) is 0.0925. The molecule has 1 saturated heterocycles. The van der Waals surface area contributed by atoms with Crippen LogP contribution in [0.5, 0.6) is 0 Å². The average molecular weight is 376 g/mol. The van der Waals surface area contributed by atoms with E-state index in [1.807, 2.05) is 6.07 Å². The molecular weight excluding hydrogens is 360 g/mol. The Hall–Kier alpha value is -2.91. The minimum Gasteiger partial charge on any atom is -0.478 e. The SMILES string of the molecule is O=C(O)c1cccc(S(=O)(=O)NCC2CN(c3ccccc3)C(=O)O2)c1. The monoisotopic (exact) mass is 376 g/mol. The van der Waals surface area contributed by atoms with E-state index in [9.17, 15) is 18.0 Å². The van der Waals surface area contributed by atoms with E-state index in [2.05, 4.69) is 4.72 Å².